The van der Waals surface area contributed by atoms with Crippen LogP contribution in [0.15, 0.2) is 12.2 Å². The van der Waals surface area contributed by atoms with Gasteiger partial charge < -0.3 is 24.6 Å². The van der Waals surface area contributed by atoms with Crippen molar-refractivity contribution in [2.24, 2.45) is 0 Å². The molecular formula is C56H109O10P. The van der Waals surface area contributed by atoms with Gasteiger partial charge in [0.2, 0.25) is 0 Å². The molecule has 67 heavy (non-hydrogen) atoms. The molecule has 3 atom stereocenters. The number of allylic oxidation sites excluding steroid dienone is 2. The summed E-state index contributed by atoms with van der Waals surface area (Å²) >= 11 is 0. The van der Waals surface area contributed by atoms with Crippen molar-refractivity contribution in [2.75, 3.05) is 26.4 Å². The summed E-state index contributed by atoms with van der Waals surface area (Å²) in [4.78, 5) is 35.3. The van der Waals surface area contributed by atoms with E-state index < -0.39 is 51.8 Å². The van der Waals surface area contributed by atoms with E-state index in [2.05, 4.69) is 26.0 Å². The van der Waals surface area contributed by atoms with Gasteiger partial charge in [0.25, 0.3) is 0 Å². The molecule has 0 aliphatic rings. The molecule has 0 rings (SSSR count). The van der Waals surface area contributed by atoms with E-state index in [1.807, 2.05) is 0 Å². The van der Waals surface area contributed by atoms with Crippen molar-refractivity contribution < 1.29 is 47.8 Å². The van der Waals surface area contributed by atoms with Crippen LogP contribution in [0.5, 0.6) is 0 Å². The average molecular weight is 973 g/mol. The molecule has 3 N–H and O–H groups in total. The monoisotopic (exact) mass is 973 g/mol. The van der Waals surface area contributed by atoms with Gasteiger partial charge in [-0.3, -0.25) is 18.6 Å². The normalized spacial score (nSPS) is 13.6. The molecule has 0 amide bonds. The van der Waals surface area contributed by atoms with Crippen LogP contribution in [0.25, 0.3) is 0 Å². The second kappa shape index (κ2) is 52.5. The summed E-state index contributed by atoms with van der Waals surface area (Å²) in [5.41, 5.74) is 0. The Bertz CT molecular complexity index is 1120. The van der Waals surface area contributed by atoms with Crippen LogP contribution in [0, 0.1) is 0 Å². The van der Waals surface area contributed by atoms with Gasteiger partial charge in [-0.05, 0) is 38.5 Å². The third-order valence-corrected chi connectivity index (χ3v) is 13.9. The van der Waals surface area contributed by atoms with E-state index in [1.165, 1.54) is 225 Å². The number of hydrogen-bond acceptors (Lipinski definition) is 9. The van der Waals surface area contributed by atoms with E-state index in [-0.39, 0.29) is 19.4 Å². The minimum absolute atomic E-state index is 0.187. The standard InChI is InChI=1S/C56H109O10P/c1-3-5-7-9-11-13-15-17-19-21-23-25-26-28-29-31-33-35-37-39-41-43-45-47-55(59)63-51-54(52-65-67(61,62)64-50-53(58)49-57)66-56(60)48-46-44-42-40-38-36-34-32-30-27-24-22-20-18-16-14-12-10-8-6-4-2/h22,24,53-54,57-58H,3-21,23,25-52H2,1-2H3,(H,61,62)/b24-22-. The number of carbonyl (C=O) groups is 2. The van der Waals surface area contributed by atoms with Gasteiger partial charge in [0.05, 0.1) is 19.8 Å². The SMILES string of the molecule is CCCCCCCCCC/C=C\CCCCCCCCCCCC(=O)OC(COC(=O)CCCCCCCCCCCCCCCCCCCCCCCCC)COP(=O)(O)OCC(O)CO. The van der Waals surface area contributed by atoms with Crippen molar-refractivity contribution in [3.63, 3.8) is 0 Å². The Balaban J connectivity index is 4.07. The fraction of sp³-hybridized carbons (Fsp3) is 0.929. The van der Waals surface area contributed by atoms with Gasteiger partial charge in [0, 0.05) is 12.8 Å². The second-order valence-corrected chi connectivity index (χ2v) is 21.1. The highest BCUT2D eigenvalue weighted by molar-refractivity contribution is 7.47. The zero-order valence-corrected chi connectivity index (χ0v) is 44.8. The molecular weight excluding hydrogens is 864 g/mol. The van der Waals surface area contributed by atoms with Crippen LogP contribution in [0.1, 0.15) is 296 Å². The van der Waals surface area contributed by atoms with Crippen molar-refractivity contribution in [2.45, 2.75) is 309 Å². The highest BCUT2D eigenvalue weighted by Crippen LogP contribution is 2.43. The Morgan fingerprint density at radius 2 is 0.731 bits per heavy atom. The Morgan fingerprint density at radius 3 is 1.07 bits per heavy atom. The van der Waals surface area contributed by atoms with Crippen LogP contribution in [0.4, 0.5) is 0 Å². The summed E-state index contributed by atoms with van der Waals surface area (Å²) in [7, 11) is -4.62. The molecule has 0 aliphatic carbocycles. The number of ether oxygens (including phenoxy) is 2. The van der Waals surface area contributed by atoms with E-state index in [0.29, 0.717) is 12.8 Å². The molecule has 10 nitrogen and oxygen atoms in total. The predicted octanol–water partition coefficient (Wildman–Crippen LogP) is 16.7. The molecule has 0 heterocycles. The Kier molecular flexibility index (Phi) is 51.5. The number of aliphatic hydroxyl groups excluding tert-OH is 2. The summed E-state index contributed by atoms with van der Waals surface area (Å²) in [5, 5.41) is 18.4. The summed E-state index contributed by atoms with van der Waals surface area (Å²) in [5.74, 6) is -0.907. The molecule has 0 fully saturated rings. The fourth-order valence-corrected chi connectivity index (χ4v) is 9.31. The highest BCUT2D eigenvalue weighted by atomic mass is 31.2. The van der Waals surface area contributed by atoms with Gasteiger partial charge in [-0.2, -0.15) is 0 Å². The van der Waals surface area contributed by atoms with Crippen molar-refractivity contribution in [1.82, 2.24) is 0 Å². The Hall–Kier alpha value is -1.29. The van der Waals surface area contributed by atoms with E-state index in [9.17, 15) is 24.2 Å². The smallest absolute Gasteiger partial charge is 0.462 e. The number of carbonyl (C=O) groups excluding carboxylic acids is 2. The summed E-state index contributed by atoms with van der Waals surface area (Å²) in [6, 6.07) is 0. The molecule has 0 spiro atoms. The average Bonchev–Trinajstić information content (AvgIpc) is 3.32. The maximum Gasteiger partial charge on any atom is 0.472 e. The lowest BCUT2D eigenvalue weighted by molar-refractivity contribution is -0.161. The molecule has 0 aromatic carbocycles. The van der Waals surface area contributed by atoms with Gasteiger partial charge in [-0.1, -0.05) is 257 Å². The van der Waals surface area contributed by atoms with E-state index in [4.69, 9.17) is 23.6 Å². The maximum absolute atomic E-state index is 12.7. The zero-order valence-electron chi connectivity index (χ0n) is 43.9. The second-order valence-electron chi connectivity index (χ2n) is 19.7. The van der Waals surface area contributed by atoms with Crippen LogP contribution in [-0.4, -0.2) is 65.7 Å². The van der Waals surface area contributed by atoms with Crippen molar-refractivity contribution >= 4 is 19.8 Å². The number of hydrogen-bond donors (Lipinski definition) is 3. The number of rotatable bonds is 55. The fourth-order valence-electron chi connectivity index (χ4n) is 8.52. The van der Waals surface area contributed by atoms with Crippen LogP contribution >= 0.6 is 7.82 Å². The van der Waals surface area contributed by atoms with E-state index in [0.717, 1.165) is 32.1 Å². The molecule has 0 radical (unpaired) electrons. The summed E-state index contributed by atoms with van der Waals surface area (Å²) in [6.45, 7) is 2.46. The number of unbranched alkanes of at least 4 members (excludes halogenated alkanes) is 39. The van der Waals surface area contributed by atoms with Crippen molar-refractivity contribution in [3.05, 3.63) is 12.2 Å². The zero-order chi connectivity index (χ0) is 49.0. The Labute approximate surface area is 413 Å². The van der Waals surface area contributed by atoms with Crippen LogP contribution in [0.2, 0.25) is 0 Å². The first-order valence-electron chi connectivity index (χ1n) is 28.6. The molecule has 3 unspecified atom stereocenters. The largest absolute Gasteiger partial charge is 0.472 e. The van der Waals surface area contributed by atoms with Crippen molar-refractivity contribution in [1.29, 1.82) is 0 Å². The molecule has 0 aromatic rings. The molecule has 0 aliphatic heterocycles. The molecule has 0 bridgehead atoms. The Morgan fingerprint density at radius 1 is 0.433 bits per heavy atom. The maximum atomic E-state index is 12.7. The summed E-state index contributed by atoms with van der Waals surface area (Å²) in [6.07, 6.45) is 56.2. The minimum atomic E-state index is -4.62. The highest BCUT2D eigenvalue weighted by Gasteiger charge is 2.27. The quantitative estimate of drug-likeness (QED) is 0.0233. The first-order valence-corrected chi connectivity index (χ1v) is 30.1. The van der Waals surface area contributed by atoms with E-state index >= 15 is 0 Å². The molecule has 0 aromatic heterocycles. The van der Waals surface area contributed by atoms with Crippen molar-refractivity contribution in [3.8, 4) is 0 Å². The lowest BCUT2D eigenvalue weighted by Crippen LogP contribution is -2.29. The lowest BCUT2D eigenvalue weighted by atomic mass is 10.0. The number of phosphoric ester groups is 1. The molecule has 0 saturated carbocycles. The van der Waals surface area contributed by atoms with Gasteiger partial charge in [0.15, 0.2) is 6.10 Å². The molecule has 11 heteroatoms. The van der Waals surface area contributed by atoms with Gasteiger partial charge >= 0.3 is 19.8 Å². The van der Waals surface area contributed by atoms with E-state index in [1.54, 1.807) is 0 Å². The van der Waals surface area contributed by atoms with Gasteiger partial charge in [-0.25, -0.2) is 4.57 Å². The van der Waals surface area contributed by atoms with Crippen LogP contribution in [-0.2, 0) is 32.7 Å². The van der Waals surface area contributed by atoms with Gasteiger partial charge in [0.1, 0.15) is 12.7 Å². The minimum Gasteiger partial charge on any atom is -0.462 e. The summed E-state index contributed by atoms with van der Waals surface area (Å²) < 4.78 is 33.0. The van der Waals surface area contributed by atoms with Crippen LogP contribution in [0.3, 0.4) is 0 Å². The third kappa shape index (κ3) is 52.4. The van der Waals surface area contributed by atoms with Gasteiger partial charge in [-0.15, -0.1) is 0 Å². The third-order valence-electron chi connectivity index (χ3n) is 12.9. The number of esters is 2. The molecule has 398 valence electrons. The topological polar surface area (TPSA) is 149 Å². The lowest BCUT2D eigenvalue weighted by Gasteiger charge is -2.20. The number of aliphatic hydroxyl groups is 2. The predicted molar refractivity (Wildman–Crippen MR) is 279 cm³/mol. The first-order chi connectivity index (χ1) is 32.7. The number of phosphoric acid groups is 1. The first kappa shape index (κ1) is 65.7. The van der Waals surface area contributed by atoms with Crippen LogP contribution < -0.4 is 0 Å². The molecule has 0 saturated heterocycles.